The molecule has 1 amide bonds. The van der Waals surface area contributed by atoms with Gasteiger partial charge in [-0.2, -0.15) is 5.26 Å². The summed E-state index contributed by atoms with van der Waals surface area (Å²) in [6.07, 6.45) is 3.04. The molecule has 0 bridgehead atoms. The predicted octanol–water partition coefficient (Wildman–Crippen LogP) is 3.65. The minimum absolute atomic E-state index is 0.0591. The van der Waals surface area contributed by atoms with Crippen LogP contribution in [0, 0.1) is 22.8 Å². The molecule has 1 aromatic heterocycles. The summed E-state index contributed by atoms with van der Waals surface area (Å²) in [5, 5.41) is 15.0. The van der Waals surface area contributed by atoms with E-state index in [0.717, 1.165) is 18.5 Å². The van der Waals surface area contributed by atoms with Crippen molar-refractivity contribution in [3.8, 4) is 16.8 Å². The number of fused-ring (bicyclic) bond motifs is 1. The zero-order chi connectivity index (χ0) is 17.6. The number of piperidine rings is 1. The average molecular weight is 393 g/mol. The van der Waals surface area contributed by atoms with Gasteiger partial charge in [0.05, 0.1) is 5.02 Å². The third-order valence-electron chi connectivity index (χ3n) is 5.00. The summed E-state index contributed by atoms with van der Waals surface area (Å²) in [4.78, 5) is 19.1. The summed E-state index contributed by atoms with van der Waals surface area (Å²) in [5.41, 5.74) is 1.29. The highest BCUT2D eigenvalue weighted by Gasteiger charge is 2.60. The second kappa shape index (κ2) is 6.17. The lowest BCUT2D eigenvalue weighted by atomic mass is 10.1. The van der Waals surface area contributed by atoms with Crippen molar-refractivity contribution in [1.29, 1.82) is 5.26 Å². The summed E-state index contributed by atoms with van der Waals surface area (Å²) in [6, 6.07) is 5.23. The molecule has 1 aliphatic carbocycles. The molecule has 2 aromatic rings. The van der Waals surface area contributed by atoms with Gasteiger partial charge in [-0.1, -0.05) is 23.2 Å². The van der Waals surface area contributed by atoms with Crippen molar-refractivity contribution >= 4 is 40.4 Å². The molecule has 1 N–H and O–H groups in total. The maximum absolute atomic E-state index is 12.7. The van der Waals surface area contributed by atoms with E-state index in [4.69, 9.17) is 28.5 Å². The Morgan fingerprint density at radius 1 is 1.52 bits per heavy atom. The Hall–Kier alpha value is -1.81. The first-order valence-corrected chi connectivity index (χ1v) is 9.48. The van der Waals surface area contributed by atoms with Gasteiger partial charge in [-0.15, -0.1) is 11.3 Å². The van der Waals surface area contributed by atoms with Gasteiger partial charge in [0.1, 0.15) is 10.7 Å². The van der Waals surface area contributed by atoms with Crippen LogP contribution in [-0.2, 0) is 0 Å². The fourth-order valence-corrected chi connectivity index (χ4v) is 4.94. The summed E-state index contributed by atoms with van der Waals surface area (Å²) >= 11 is 13.5. The summed E-state index contributed by atoms with van der Waals surface area (Å²) in [7, 11) is 0. The maximum Gasteiger partial charge on any atom is 0.273 e. The number of rotatable bonds is 4. The molecule has 2 heterocycles. The molecule has 128 valence electrons. The Balaban J connectivity index is 1.50. The summed E-state index contributed by atoms with van der Waals surface area (Å²) in [6.45, 7) is 2.06. The van der Waals surface area contributed by atoms with Crippen LogP contribution in [0.3, 0.4) is 0 Å². The number of hydrogen-bond acceptors (Lipinski definition) is 5. The third kappa shape index (κ3) is 2.97. The van der Waals surface area contributed by atoms with E-state index in [1.54, 1.807) is 17.5 Å². The molecule has 0 radical (unpaired) electrons. The molecular weight excluding hydrogens is 379 g/mol. The molecule has 4 rings (SSSR count). The zero-order valence-corrected chi connectivity index (χ0v) is 15.5. The first-order valence-electron chi connectivity index (χ1n) is 7.84. The highest BCUT2D eigenvalue weighted by molar-refractivity contribution is 7.13. The number of thiazole rings is 1. The number of nitrogens with one attached hydrogen (secondary N) is 1. The van der Waals surface area contributed by atoms with Gasteiger partial charge in [0.25, 0.3) is 5.91 Å². The number of amides is 1. The number of carbonyl (C=O) groups excluding carboxylic acids is 1. The topological polar surface area (TPSA) is 69.0 Å². The van der Waals surface area contributed by atoms with Gasteiger partial charge in [0.2, 0.25) is 0 Å². The van der Waals surface area contributed by atoms with E-state index < -0.39 is 0 Å². The first-order chi connectivity index (χ1) is 12.0. The van der Waals surface area contributed by atoms with E-state index in [1.165, 1.54) is 11.3 Å². The van der Waals surface area contributed by atoms with Crippen molar-refractivity contribution in [3.05, 3.63) is 39.3 Å². The van der Waals surface area contributed by atoms with Crippen molar-refractivity contribution in [1.82, 2.24) is 15.2 Å². The normalized spacial score (nSPS) is 23.9. The third-order valence-corrected chi connectivity index (χ3v) is 6.42. The SMILES string of the molecule is N#CNCC12CC1CN(C(=O)c1csc(-c3ccc(Cl)cc3Cl)n1)C2. The average Bonchev–Trinajstić information content (AvgIpc) is 2.96. The van der Waals surface area contributed by atoms with Gasteiger partial charge in [-0.25, -0.2) is 4.98 Å². The molecule has 1 saturated heterocycles. The Morgan fingerprint density at radius 3 is 3.12 bits per heavy atom. The van der Waals surface area contributed by atoms with Gasteiger partial charge in [0, 0.05) is 41.0 Å². The van der Waals surface area contributed by atoms with Crippen molar-refractivity contribution in [2.45, 2.75) is 6.42 Å². The van der Waals surface area contributed by atoms with Gasteiger partial charge in [-0.3, -0.25) is 4.79 Å². The van der Waals surface area contributed by atoms with E-state index in [2.05, 4.69) is 10.3 Å². The van der Waals surface area contributed by atoms with Crippen LogP contribution in [0.15, 0.2) is 23.6 Å². The molecule has 1 aromatic carbocycles. The van der Waals surface area contributed by atoms with Crippen LogP contribution >= 0.6 is 34.5 Å². The highest BCUT2D eigenvalue weighted by Crippen LogP contribution is 2.57. The second-order valence-electron chi connectivity index (χ2n) is 6.58. The van der Waals surface area contributed by atoms with Crippen molar-refractivity contribution in [2.75, 3.05) is 19.6 Å². The standard InChI is InChI=1S/C17H14Cl2N4OS/c18-11-1-2-12(13(19)3-11)15-22-14(6-25-15)16(24)23-5-10-4-17(10,8-23)7-21-9-20/h1-3,6,10,21H,4-5,7-8H2. The Morgan fingerprint density at radius 2 is 2.36 bits per heavy atom. The van der Waals surface area contributed by atoms with Crippen molar-refractivity contribution < 1.29 is 4.79 Å². The number of hydrogen-bond donors (Lipinski definition) is 1. The Labute approximate surface area is 159 Å². The van der Waals surface area contributed by atoms with Crippen LogP contribution in [0.2, 0.25) is 10.0 Å². The van der Waals surface area contributed by atoms with Crippen molar-refractivity contribution in [2.24, 2.45) is 11.3 Å². The van der Waals surface area contributed by atoms with Crippen LogP contribution in [0.25, 0.3) is 10.6 Å². The number of halogens is 2. The largest absolute Gasteiger partial charge is 0.336 e. The van der Waals surface area contributed by atoms with Crippen LogP contribution in [0.5, 0.6) is 0 Å². The van der Waals surface area contributed by atoms with E-state index in [-0.39, 0.29) is 11.3 Å². The van der Waals surface area contributed by atoms with Crippen LogP contribution in [-0.4, -0.2) is 35.4 Å². The van der Waals surface area contributed by atoms with E-state index in [0.29, 0.717) is 39.8 Å². The molecule has 2 aliphatic rings. The fourth-order valence-electron chi connectivity index (χ4n) is 3.56. The fraction of sp³-hybridized carbons (Fsp3) is 0.353. The van der Waals surface area contributed by atoms with Gasteiger partial charge < -0.3 is 10.2 Å². The first kappa shape index (κ1) is 16.6. The molecule has 2 unspecified atom stereocenters. The smallest absolute Gasteiger partial charge is 0.273 e. The number of benzene rings is 1. The lowest BCUT2D eigenvalue weighted by Crippen LogP contribution is -2.34. The molecule has 25 heavy (non-hydrogen) atoms. The highest BCUT2D eigenvalue weighted by atomic mass is 35.5. The monoisotopic (exact) mass is 392 g/mol. The molecular formula is C17H14Cl2N4OS. The minimum atomic E-state index is -0.0591. The quantitative estimate of drug-likeness (QED) is 0.636. The number of nitrogens with zero attached hydrogens (tertiary/aromatic N) is 3. The molecule has 5 nitrogen and oxygen atoms in total. The van der Waals surface area contributed by atoms with Gasteiger partial charge in [-0.05, 0) is 30.5 Å². The van der Waals surface area contributed by atoms with Crippen LogP contribution in [0.4, 0.5) is 0 Å². The number of nitriles is 1. The second-order valence-corrected chi connectivity index (χ2v) is 8.28. The predicted molar refractivity (Wildman–Crippen MR) is 97.6 cm³/mol. The Bertz CT molecular complexity index is 893. The van der Waals surface area contributed by atoms with Crippen LogP contribution < -0.4 is 5.32 Å². The number of carbonyl (C=O) groups is 1. The maximum atomic E-state index is 12.7. The number of likely N-dealkylation sites (tertiary alicyclic amines) is 1. The molecule has 0 spiro atoms. The molecule has 1 aliphatic heterocycles. The lowest BCUT2D eigenvalue weighted by Gasteiger charge is -2.19. The van der Waals surface area contributed by atoms with Gasteiger partial charge >= 0.3 is 0 Å². The summed E-state index contributed by atoms with van der Waals surface area (Å²) < 4.78 is 0. The van der Waals surface area contributed by atoms with Crippen LogP contribution in [0.1, 0.15) is 16.9 Å². The molecule has 8 heteroatoms. The van der Waals surface area contributed by atoms with Crippen molar-refractivity contribution in [3.63, 3.8) is 0 Å². The lowest BCUT2D eigenvalue weighted by molar-refractivity contribution is 0.0760. The van der Waals surface area contributed by atoms with E-state index in [1.807, 2.05) is 17.2 Å². The Kier molecular flexibility index (Phi) is 4.11. The minimum Gasteiger partial charge on any atom is -0.336 e. The van der Waals surface area contributed by atoms with E-state index >= 15 is 0 Å². The van der Waals surface area contributed by atoms with Gasteiger partial charge in [0.15, 0.2) is 6.19 Å². The molecule has 2 fully saturated rings. The number of aromatic nitrogens is 1. The zero-order valence-electron chi connectivity index (χ0n) is 13.1. The summed E-state index contributed by atoms with van der Waals surface area (Å²) in [5.74, 6) is 0.428. The van der Waals surface area contributed by atoms with E-state index in [9.17, 15) is 4.79 Å². The molecule has 1 saturated carbocycles. The molecule has 2 atom stereocenters.